The molecule has 0 radical (unpaired) electrons. The first kappa shape index (κ1) is 14.8. The van der Waals surface area contributed by atoms with E-state index >= 15 is 0 Å². The highest BCUT2D eigenvalue weighted by Gasteiger charge is 2.37. The molecule has 1 saturated carbocycles. The molecule has 1 aliphatic heterocycles. The van der Waals surface area contributed by atoms with Gasteiger partial charge in [0.05, 0.1) is 19.1 Å². The zero-order valence-corrected chi connectivity index (χ0v) is 12.5. The summed E-state index contributed by atoms with van der Waals surface area (Å²) in [7, 11) is 0. The third-order valence-electron chi connectivity index (χ3n) is 4.39. The summed E-state index contributed by atoms with van der Waals surface area (Å²) in [4.78, 5) is 12.4. The van der Waals surface area contributed by atoms with Crippen LogP contribution in [0.2, 0.25) is 0 Å². The van der Waals surface area contributed by atoms with E-state index in [-0.39, 0.29) is 17.9 Å². The summed E-state index contributed by atoms with van der Waals surface area (Å²) >= 11 is 0. The van der Waals surface area contributed by atoms with E-state index in [0.717, 1.165) is 25.8 Å². The second kappa shape index (κ2) is 6.23. The summed E-state index contributed by atoms with van der Waals surface area (Å²) in [6, 6.07) is 0.546. The highest BCUT2D eigenvalue weighted by molar-refractivity contribution is 5.80. The Hall–Kier alpha value is -0.610. The van der Waals surface area contributed by atoms with Crippen LogP contribution in [0.3, 0.4) is 0 Å². The van der Waals surface area contributed by atoms with Gasteiger partial charge in [-0.1, -0.05) is 20.8 Å². The lowest BCUT2D eigenvalue weighted by Gasteiger charge is -2.22. The lowest BCUT2D eigenvalue weighted by atomic mass is 9.91. The third-order valence-corrected chi connectivity index (χ3v) is 4.39. The van der Waals surface area contributed by atoms with Crippen molar-refractivity contribution in [2.75, 3.05) is 19.8 Å². The Morgan fingerprint density at radius 3 is 2.79 bits per heavy atom. The van der Waals surface area contributed by atoms with Crippen LogP contribution in [0.15, 0.2) is 0 Å². The summed E-state index contributed by atoms with van der Waals surface area (Å²) in [5.74, 6) is 0.157. The number of hydrogen-bond donors (Lipinski definition) is 2. The van der Waals surface area contributed by atoms with Crippen LogP contribution in [0.4, 0.5) is 0 Å². The van der Waals surface area contributed by atoms with Gasteiger partial charge in [0, 0.05) is 12.1 Å². The van der Waals surface area contributed by atoms with Crippen molar-refractivity contribution in [3.63, 3.8) is 0 Å². The van der Waals surface area contributed by atoms with Gasteiger partial charge in [-0.3, -0.25) is 4.79 Å². The van der Waals surface area contributed by atoms with Crippen molar-refractivity contribution in [3.05, 3.63) is 0 Å². The number of rotatable bonds is 5. The van der Waals surface area contributed by atoms with E-state index in [1.54, 1.807) is 0 Å². The molecule has 0 bridgehead atoms. The Labute approximate surface area is 116 Å². The average molecular weight is 268 g/mol. The molecular weight excluding hydrogens is 240 g/mol. The predicted octanol–water partition coefficient (Wildman–Crippen LogP) is 1.70. The first-order valence-electron chi connectivity index (χ1n) is 7.63. The third kappa shape index (κ3) is 3.93. The fourth-order valence-electron chi connectivity index (χ4n) is 3.21. The molecule has 3 unspecified atom stereocenters. The molecule has 0 spiro atoms. The van der Waals surface area contributed by atoms with Crippen molar-refractivity contribution in [3.8, 4) is 0 Å². The van der Waals surface area contributed by atoms with Crippen molar-refractivity contribution < 1.29 is 9.53 Å². The van der Waals surface area contributed by atoms with E-state index in [1.165, 1.54) is 6.42 Å². The molecule has 3 atom stereocenters. The summed E-state index contributed by atoms with van der Waals surface area (Å²) < 4.78 is 5.47. The van der Waals surface area contributed by atoms with Crippen LogP contribution in [0.1, 0.15) is 46.5 Å². The molecule has 1 saturated heterocycles. The quantitative estimate of drug-likeness (QED) is 0.798. The average Bonchev–Trinajstić information content (AvgIpc) is 2.93. The van der Waals surface area contributed by atoms with Crippen molar-refractivity contribution in [1.82, 2.24) is 10.6 Å². The van der Waals surface area contributed by atoms with Crippen LogP contribution in [0, 0.1) is 11.3 Å². The second-order valence-corrected chi connectivity index (χ2v) is 6.82. The summed E-state index contributed by atoms with van der Waals surface area (Å²) in [5.41, 5.74) is 0.379. The number of ether oxygens (including phenoxy) is 1. The van der Waals surface area contributed by atoms with Gasteiger partial charge < -0.3 is 15.4 Å². The monoisotopic (exact) mass is 268 g/mol. The predicted molar refractivity (Wildman–Crippen MR) is 76.0 cm³/mol. The molecule has 1 heterocycles. The van der Waals surface area contributed by atoms with Gasteiger partial charge in [-0.15, -0.1) is 0 Å². The number of amides is 1. The Morgan fingerprint density at radius 1 is 1.37 bits per heavy atom. The molecule has 4 heteroatoms. The van der Waals surface area contributed by atoms with Crippen molar-refractivity contribution in [2.45, 2.75) is 58.5 Å². The van der Waals surface area contributed by atoms with Gasteiger partial charge in [-0.25, -0.2) is 0 Å². The standard InChI is InChI=1S/C15H28N2O2/c1-4-7-16-13-10-19-9-12(13)14(18)17-11-5-6-15(2,3)8-11/h11-13,16H,4-10H2,1-3H3,(H,17,18). The van der Waals surface area contributed by atoms with Crippen LogP contribution in [-0.4, -0.2) is 37.7 Å². The van der Waals surface area contributed by atoms with Gasteiger partial charge in [0.25, 0.3) is 0 Å². The van der Waals surface area contributed by atoms with E-state index < -0.39 is 0 Å². The number of carbonyl (C=O) groups is 1. The maximum atomic E-state index is 12.4. The minimum atomic E-state index is -0.0183. The van der Waals surface area contributed by atoms with Crippen LogP contribution < -0.4 is 10.6 Å². The molecule has 4 nitrogen and oxygen atoms in total. The van der Waals surface area contributed by atoms with Crippen molar-refractivity contribution in [2.24, 2.45) is 11.3 Å². The zero-order chi connectivity index (χ0) is 13.9. The van der Waals surface area contributed by atoms with Crippen molar-refractivity contribution in [1.29, 1.82) is 0 Å². The topological polar surface area (TPSA) is 50.4 Å². The molecule has 1 aliphatic carbocycles. The summed E-state index contributed by atoms with van der Waals surface area (Å²) in [6.45, 7) is 8.87. The van der Waals surface area contributed by atoms with Gasteiger partial charge in [-0.2, -0.15) is 0 Å². The lowest BCUT2D eigenvalue weighted by Crippen LogP contribution is -2.46. The smallest absolute Gasteiger partial charge is 0.227 e. The van der Waals surface area contributed by atoms with Crippen LogP contribution >= 0.6 is 0 Å². The number of nitrogens with one attached hydrogen (secondary N) is 2. The fourth-order valence-corrected chi connectivity index (χ4v) is 3.21. The van der Waals surface area contributed by atoms with Crippen LogP contribution in [0.5, 0.6) is 0 Å². The van der Waals surface area contributed by atoms with E-state index in [9.17, 15) is 4.79 Å². The minimum Gasteiger partial charge on any atom is -0.379 e. The maximum absolute atomic E-state index is 12.4. The normalized spacial score (nSPS) is 33.5. The molecule has 0 aromatic rings. The molecule has 110 valence electrons. The molecule has 2 fully saturated rings. The van der Waals surface area contributed by atoms with Gasteiger partial charge in [0.1, 0.15) is 0 Å². The van der Waals surface area contributed by atoms with Gasteiger partial charge in [0.2, 0.25) is 5.91 Å². The van der Waals surface area contributed by atoms with E-state index in [1.807, 2.05) is 0 Å². The number of carbonyl (C=O) groups excluding carboxylic acids is 1. The largest absolute Gasteiger partial charge is 0.379 e. The Bertz CT molecular complexity index is 317. The van der Waals surface area contributed by atoms with Crippen LogP contribution in [-0.2, 0) is 9.53 Å². The van der Waals surface area contributed by atoms with Crippen LogP contribution in [0.25, 0.3) is 0 Å². The molecule has 1 amide bonds. The molecular formula is C15H28N2O2. The molecule has 2 rings (SSSR count). The Kier molecular flexibility index (Phi) is 4.85. The molecule has 0 aromatic carbocycles. The van der Waals surface area contributed by atoms with E-state index in [4.69, 9.17) is 4.74 Å². The van der Waals surface area contributed by atoms with Gasteiger partial charge in [0.15, 0.2) is 0 Å². The Balaban J connectivity index is 1.82. The van der Waals surface area contributed by atoms with E-state index in [2.05, 4.69) is 31.4 Å². The summed E-state index contributed by atoms with van der Waals surface area (Å²) in [5, 5.41) is 6.64. The lowest BCUT2D eigenvalue weighted by molar-refractivity contribution is -0.126. The molecule has 19 heavy (non-hydrogen) atoms. The van der Waals surface area contributed by atoms with Crippen molar-refractivity contribution >= 4 is 5.91 Å². The summed E-state index contributed by atoms with van der Waals surface area (Å²) in [6.07, 6.45) is 4.50. The minimum absolute atomic E-state index is 0.0183. The number of hydrogen-bond acceptors (Lipinski definition) is 3. The highest BCUT2D eigenvalue weighted by atomic mass is 16.5. The van der Waals surface area contributed by atoms with Gasteiger partial charge >= 0.3 is 0 Å². The molecule has 2 aliphatic rings. The molecule has 0 aromatic heterocycles. The fraction of sp³-hybridized carbons (Fsp3) is 0.933. The maximum Gasteiger partial charge on any atom is 0.227 e. The SMILES string of the molecule is CCCNC1COCC1C(=O)NC1CCC(C)(C)C1. The Morgan fingerprint density at radius 2 is 2.16 bits per heavy atom. The zero-order valence-electron chi connectivity index (χ0n) is 12.5. The first-order valence-corrected chi connectivity index (χ1v) is 7.63. The highest BCUT2D eigenvalue weighted by Crippen LogP contribution is 2.37. The van der Waals surface area contributed by atoms with E-state index in [0.29, 0.717) is 24.7 Å². The first-order chi connectivity index (χ1) is 9.02. The van der Waals surface area contributed by atoms with Gasteiger partial charge in [-0.05, 0) is 37.6 Å². The second-order valence-electron chi connectivity index (χ2n) is 6.82. The molecule has 2 N–H and O–H groups in total.